The summed E-state index contributed by atoms with van der Waals surface area (Å²) < 4.78 is 10.1. The summed E-state index contributed by atoms with van der Waals surface area (Å²) in [5.41, 5.74) is 9.09. The highest BCUT2D eigenvalue weighted by molar-refractivity contribution is 7.27. The van der Waals surface area contributed by atoms with Crippen LogP contribution in [0.25, 0.3) is 111 Å². The van der Waals surface area contributed by atoms with E-state index in [9.17, 15) is 0 Å². The highest BCUT2D eigenvalue weighted by Crippen LogP contribution is 2.45. The number of thiophene rings is 3. The second-order valence-electron chi connectivity index (χ2n) is 13.3. The lowest BCUT2D eigenvalue weighted by Crippen LogP contribution is -1.93. The molecule has 0 aliphatic rings. The number of nitrogens with zero attached hydrogens (tertiary/aromatic N) is 3. The molecule has 0 atom stereocenters. The first-order valence-corrected chi connectivity index (χ1v) is 19.8. The summed E-state index contributed by atoms with van der Waals surface area (Å²) in [4.78, 5) is 9.81. The van der Waals surface area contributed by atoms with Crippen molar-refractivity contribution in [1.29, 1.82) is 0 Å². The fraction of sp³-hybridized carbons (Fsp3) is 0. The molecule has 0 saturated heterocycles. The minimum atomic E-state index is 0.974. The summed E-state index contributed by atoms with van der Waals surface area (Å²) in [5, 5.41) is 9.03. The molecule has 6 heteroatoms. The molecule has 5 heterocycles. The van der Waals surface area contributed by atoms with Gasteiger partial charge in [-0.3, -0.25) is 0 Å². The van der Waals surface area contributed by atoms with E-state index in [2.05, 4.69) is 150 Å². The van der Waals surface area contributed by atoms with E-state index in [0.717, 1.165) is 32.5 Å². The third kappa shape index (κ3) is 4.00. The fourth-order valence-electron chi connectivity index (χ4n) is 8.23. The van der Waals surface area contributed by atoms with Crippen molar-refractivity contribution in [1.82, 2.24) is 14.5 Å². The molecule has 3 nitrogen and oxygen atoms in total. The van der Waals surface area contributed by atoms with Gasteiger partial charge < -0.3 is 4.57 Å². The summed E-state index contributed by atoms with van der Waals surface area (Å²) in [6.45, 7) is 0. The number of benzene rings is 7. The van der Waals surface area contributed by atoms with Crippen molar-refractivity contribution in [2.24, 2.45) is 0 Å². The molecule has 7 aromatic carbocycles. The Morgan fingerprint density at radius 2 is 1.10 bits per heavy atom. The molecule has 0 fully saturated rings. The zero-order chi connectivity index (χ0) is 33.9. The average Bonchev–Trinajstić information content (AvgIpc) is 3.96. The average molecular weight is 716 g/mol. The van der Waals surface area contributed by atoms with E-state index in [0.29, 0.717) is 0 Å². The van der Waals surface area contributed by atoms with Gasteiger partial charge in [0, 0.05) is 72.5 Å². The third-order valence-electron chi connectivity index (χ3n) is 10.5. The van der Waals surface area contributed by atoms with Gasteiger partial charge in [-0.2, -0.15) is 0 Å². The van der Waals surface area contributed by atoms with Gasteiger partial charge >= 0.3 is 0 Å². The summed E-state index contributed by atoms with van der Waals surface area (Å²) in [7, 11) is 0. The Morgan fingerprint density at radius 3 is 1.96 bits per heavy atom. The first-order valence-electron chi connectivity index (χ1n) is 17.3. The van der Waals surface area contributed by atoms with Crippen molar-refractivity contribution in [2.75, 3.05) is 0 Å². The highest BCUT2D eigenvalue weighted by atomic mass is 32.1. The topological polar surface area (TPSA) is 30.7 Å². The number of para-hydroxylation sites is 1. The van der Waals surface area contributed by atoms with Gasteiger partial charge in [-0.05, 0) is 59.7 Å². The maximum absolute atomic E-state index is 4.91. The number of hydrogen-bond donors (Lipinski definition) is 0. The Kier molecular flexibility index (Phi) is 5.97. The molecule has 52 heavy (non-hydrogen) atoms. The Labute approximate surface area is 309 Å². The van der Waals surface area contributed by atoms with Crippen LogP contribution in [0.15, 0.2) is 152 Å². The van der Waals surface area contributed by atoms with Crippen molar-refractivity contribution in [2.45, 2.75) is 0 Å². The molecule has 0 radical (unpaired) electrons. The molecule has 0 spiro atoms. The lowest BCUT2D eigenvalue weighted by molar-refractivity contribution is 1.19. The molecule has 0 unspecified atom stereocenters. The van der Waals surface area contributed by atoms with Crippen molar-refractivity contribution >= 4 is 116 Å². The fourth-order valence-corrected chi connectivity index (χ4v) is 11.9. The van der Waals surface area contributed by atoms with Crippen molar-refractivity contribution in [3.8, 4) is 28.1 Å². The van der Waals surface area contributed by atoms with Crippen molar-refractivity contribution in [3.63, 3.8) is 0 Å². The second kappa shape index (κ2) is 10.8. The van der Waals surface area contributed by atoms with Crippen LogP contribution in [0.3, 0.4) is 0 Å². The van der Waals surface area contributed by atoms with Crippen LogP contribution in [0.1, 0.15) is 0 Å². The molecule has 0 saturated carbocycles. The van der Waals surface area contributed by atoms with Gasteiger partial charge in [-0.15, -0.1) is 34.0 Å². The second-order valence-corrected chi connectivity index (χ2v) is 16.5. The molecule has 12 aromatic rings. The van der Waals surface area contributed by atoms with E-state index in [-0.39, 0.29) is 0 Å². The monoisotopic (exact) mass is 715 g/mol. The maximum Gasteiger partial charge on any atom is 0.116 e. The van der Waals surface area contributed by atoms with E-state index in [4.69, 9.17) is 9.97 Å². The summed E-state index contributed by atoms with van der Waals surface area (Å²) >= 11 is 5.54. The van der Waals surface area contributed by atoms with Gasteiger partial charge in [-0.25, -0.2) is 9.97 Å². The van der Waals surface area contributed by atoms with Gasteiger partial charge in [-0.1, -0.05) is 97.1 Å². The van der Waals surface area contributed by atoms with Crippen LogP contribution in [0.4, 0.5) is 0 Å². The normalized spacial score (nSPS) is 12.2. The van der Waals surface area contributed by atoms with Gasteiger partial charge in [0.15, 0.2) is 0 Å². The largest absolute Gasteiger partial charge is 0.309 e. The smallest absolute Gasteiger partial charge is 0.116 e. The molecule has 0 aliphatic carbocycles. The number of hydrogen-bond acceptors (Lipinski definition) is 5. The van der Waals surface area contributed by atoms with E-state index < -0.39 is 0 Å². The third-order valence-corrected chi connectivity index (χ3v) is 14.1. The van der Waals surface area contributed by atoms with E-state index in [1.165, 1.54) is 78.0 Å². The molecular formula is C46H25N3S3. The van der Waals surface area contributed by atoms with E-state index in [1.54, 1.807) is 17.7 Å². The van der Waals surface area contributed by atoms with Gasteiger partial charge in [0.25, 0.3) is 0 Å². The van der Waals surface area contributed by atoms with E-state index in [1.807, 2.05) is 22.7 Å². The highest BCUT2D eigenvalue weighted by Gasteiger charge is 2.20. The predicted octanol–water partition coefficient (Wildman–Crippen LogP) is 14.0. The van der Waals surface area contributed by atoms with Crippen molar-refractivity contribution < 1.29 is 0 Å². The van der Waals surface area contributed by atoms with Crippen LogP contribution in [0, 0.1) is 0 Å². The predicted molar refractivity (Wildman–Crippen MR) is 226 cm³/mol. The number of aromatic nitrogens is 3. The standard InChI is InChI=1S/C46H25N3S3/c1-4-16-36-34(13-1)41-37(21-20-33-31-12-3-6-18-39(31)51-45(33)41)49(36)28-19-22-40-35(24-28)43-46(52-40)42(47-25-48-43)27-10-7-9-26(23-27)29-14-8-15-32-30-11-2-5-17-38(30)50-44(29)32/h1-25H. The Morgan fingerprint density at radius 1 is 0.423 bits per heavy atom. The molecule has 0 aliphatic heterocycles. The van der Waals surface area contributed by atoms with Crippen LogP contribution >= 0.6 is 34.0 Å². The van der Waals surface area contributed by atoms with E-state index >= 15 is 0 Å². The van der Waals surface area contributed by atoms with Gasteiger partial charge in [0.2, 0.25) is 0 Å². The minimum absolute atomic E-state index is 0.974. The number of rotatable bonds is 3. The van der Waals surface area contributed by atoms with Crippen LogP contribution in [-0.4, -0.2) is 14.5 Å². The zero-order valence-electron chi connectivity index (χ0n) is 27.5. The summed E-state index contributed by atoms with van der Waals surface area (Å²) in [6.07, 6.45) is 1.73. The Hall–Kier alpha value is -5.92. The van der Waals surface area contributed by atoms with Crippen LogP contribution in [0.5, 0.6) is 0 Å². The Balaban J connectivity index is 1.03. The molecule has 5 aromatic heterocycles. The van der Waals surface area contributed by atoms with Crippen LogP contribution in [0.2, 0.25) is 0 Å². The summed E-state index contributed by atoms with van der Waals surface area (Å²) in [6, 6.07) is 53.2. The molecule has 242 valence electrons. The zero-order valence-corrected chi connectivity index (χ0v) is 29.9. The summed E-state index contributed by atoms with van der Waals surface area (Å²) in [5.74, 6) is 0. The van der Waals surface area contributed by atoms with Crippen LogP contribution < -0.4 is 0 Å². The lowest BCUT2D eigenvalue weighted by Gasteiger charge is -2.08. The SMILES string of the molecule is c1cc(-c2cccc3c2sc2ccccc23)cc(-c2ncnc3c2sc2ccc(-n4c5ccccc5c5c6sc7ccccc7c6ccc54)cc23)c1. The number of fused-ring (bicyclic) bond motifs is 13. The first-order chi connectivity index (χ1) is 25.8. The molecule has 0 amide bonds. The minimum Gasteiger partial charge on any atom is -0.309 e. The van der Waals surface area contributed by atoms with Gasteiger partial charge in [0.05, 0.1) is 26.9 Å². The quantitative estimate of drug-likeness (QED) is 0.182. The van der Waals surface area contributed by atoms with Gasteiger partial charge in [0.1, 0.15) is 6.33 Å². The molecule has 12 rings (SSSR count). The van der Waals surface area contributed by atoms with Crippen molar-refractivity contribution in [3.05, 3.63) is 152 Å². The molecule has 0 bridgehead atoms. The van der Waals surface area contributed by atoms with Crippen LogP contribution in [-0.2, 0) is 0 Å². The lowest BCUT2D eigenvalue weighted by atomic mass is 9.99. The molecular weight excluding hydrogens is 691 g/mol. The molecule has 0 N–H and O–H groups in total. The first kappa shape index (κ1) is 28.7. The Bertz CT molecular complexity index is 3430. The maximum atomic E-state index is 4.91.